The number of benzene rings is 1. The normalized spacial score (nSPS) is 13.2. The maximum absolute atomic E-state index is 11.2. The van der Waals surface area contributed by atoms with Crippen LogP contribution >= 0.6 is 0 Å². The number of nitrogens with one attached hydrogen (secondary N) is 2. The number of guanidine groups is 1. The van der Waals surface area contributed by atoms with E-state index >= 15 is 0 Å². The van der Waals surface area contributed by atoms with Crippen LogP contribution in [0.15, 0.2) is 29.3 Å². The van der Waals surface area contributed by atoms with Crippen molar-refractivity contribution in [2.45, 2.75) is 25.8 Å². The molecule has 142 valence electrons. The fourth-order valence-corrected chi connectivity index (χ4v) is 2.81. The Morgan fingerprint density at radius 1 is 1.24 bits per heavy atom. The molecular weight excluding hydrogens is 342 g/mol. The fourth-order valence-electron chi connectivity index (χ4n) is 2.03. The number of hydrogen-bond acceptors (Lipinski definition) is 5. The summed E-state index contributed by atoms with van der Waals surface area (Å²) in [7, 11) is 0.375. The van der Waals surface area contributed by atoms with E-state index in [-0.39, 0.29) is 11.8 Å². The molecule has 0 fully saturated rings. The molecule has 0 aliphatic carbocycles. The van der Waals surface area contributed by atoms with Crippen LogP contribution < -0.4 is 20.1 Å². The summed E-state index contributed by atoms with van der Waals surface area (Å²) >= 11 is 0. The maximum atomic E-state index is 11.2. The molecule has 0 aliphatic heterocycles. The van der Waals surface area contributed by atoms with E-state index in [1.165, 1.54) is 6.26 Å². The molecule has 8 heteroatoms. The fraction of sp³-hybridized carbons (Fsp3) is 0.588. The molecule has 1 rings (SSSR count). The quantitative estimate of drug-likeness (QED) is 0.368. The zero-order chi connectivity index (χ0) is 18.7. The van der Waals surface area contributed by atoms with Crippen LogP contribution in [0.25, 0.3) is 0 Å². The minimum atomic E-state index is -2.94. The summed E-state index contributed by atoms with van der Waals surface area (Å²) in [4.78, 5) is 4.14. The molecule has 7 nitrogen and oxygen atoms in total. The van der Waals surface area contributed by atoms with Gasteiger partial charge < -0.3 is 20.1 Å². The first-order chi connectivity index (χ1) is 11.8. The van der Waals surface area contributed by atoms with E-state index in [1.54, 1.807) is 14.2 Å². The minimum Gasteiger partial charge on any atom is -0.497 e. The predicted molar refractivity (Wildman–Crippen MR) is 101 cm³/mol. The Bertz CT molecular complexity index is 630. The summed E-state index contributed by atoms with van der Waals surface area (Å²) in [5, 5.41) is 6.37. The van der Waals surface area contributed by atoms with Gasteiger partial charge in [0.15, 0.2) is 5.96 Å². The van der Waals surface area contributed by atoms with E-state index in [0.29, 0.717) is 25.5 Å². The van der Waals surface area contributed by atoms with Crippen LogP contribution in [0.5, 0.6) is 11.5 Å². The highest BCUT2D eigenvalue weighted by atomic mass is 32.2. The van der Waals surface area contributed by atoms with Crippen LogP contribution in [0.1, 0.15) is 19.8 Å². The molecule has 1 atom stereocenters. The van der Waals surface area contributed by atoms with Crippen molar-refractivity contribution >= 4 is 15.8 Å². The predicted octanol–water partition coefficient (Wildman–Crippen LogP) is 1.45. The first-order valence-electron chi connectivity index (χ1n) is 8.26. The Balaban J connectivity index is 2.21. The molecule has 1 aromatic carbocycles. The minimum absolute atomic E-state index is 0.0245. The topological polar surface area (TPSA) is 89.0 Å². The summed E-state index contributed by atoms with van der Waals surface area (Å²) < 4.78 is 33.1. The Labute approximate surface area is 150 Å². The summed E-state index contributed by atoms with van der Waals surface area (Å²) in [6.45, 7) is 3.22. The lowest BCUT2D eigenvalue weighted by atomic mass is 10.3. The molecule has 0 saturated heterocycles. The first kappa shape index (κ1) is 21.1. The number of sulfone groups is 1. The number of methoxy groups -OCH3 is 1. The van der Waals surface area contributed by atoms with Crippen molar-refractivity contribution in [1.29, 1.82) is 0 Å². The number of ether oxygens (including phenoxy) is 2. The molecule has 0 radical (unpaired) electrons. The van der Waals surface area contributed by atoms with Crippen LogP contribution in [0.4, 0.5) is 0 Å². The van der Waals surface area contributed by atoms with Crippen molar-refractivity contribution in [2.24, 2.45) is 4.99 Å². The van der Waals surface area contributed by atoms with Gasteiger partial charge in [-0.3, -0.25) is 4.99 Å². The van der Waals surface area contributed by atoms with Gasteiger partial charge in [-0.05, 0) is 44.0 Å². The lowest BCUT2D eigenvalue weighted by Gasteiger charge is -2.17. The molecule has 0 aliphatic rings. The zero-order valence-electron chi connectivity index (χ0n) is 15.4. The van der Waals surface area contributed by atoms with Gasteiger partial charge in [-0.2, -0.15) is 0 Å². The lowest BCUT2D eigenvalue weighted by Crippen LogP contribution is -2.43. The monoisotopic (exact) mass is 371 g/mol. The number of hydrogen-bond donors (Lipinski definition) is 2. The highest BCUT2D eigenvalue weighted by Gasteiger charge is 2.09. The van der Waals surface area contributed by atoms with Gasteiger partial charge in [-0.15, -0.1) is 0 Å². The van der Waals surface area contributed by atoms with Gasteiger partial charge >= 0.3 is 0 Å². The van der Waals surface area contributed by atoms with Gasteiger partial charge in [-0.25, -0.2) is 8.42 Å². The Kier molecular flexibility index (Phi) is 9.12. The second-order valence-electron chi connectivity index (χ2n) is 5.84. The van der Waals surface area contributed by atoms with Crippen LogP contribution in [0, 0.1) is 0 Å². The highest BCUT2D eigenvalue weighted by Crippen LogP contribution is 2.16. The summed E-state index contributed by atoms with van der Waals surface area (Å²) in [5.74, 6) is 2.42. The van der Waals surface area contributed by atoms with Crippen LogP contribution in [0.3, 0.4) is 0 Å². The van der Waals surface area contributed by atoms with Crippen LogP contribution in [-0.4, -0.2) is 59.7 Å². The lowest BCUT2D eigenvalue weighted by molar-refractivity contribution is 0.310. The van der Waals surface area contributed by atoms with Crippen molar-refractivity contribution in [2.75, 3.05) is 39.3 Å². The van der Waals surface area contributed by atoms with Gasteiger partial charge in [0.05, 0.1) is 19.5 Å². The summed E-state index contributed by atoms with van der Waals surface area (Å²) in [6, 6.07) is 7.48. The number of aliphatic imine (C=N–C) groups is 1. The molecule has 1 unspecified atom stereocenters. The zero-order valence-corrected chi connectivity index (χ0v) is 16.2. The van der Waals surface area contributed by atoms with E-state index < -0.39 is 9.84 Å². The SMILES string of the molecule is CN=C(NCCCOc1ccc(OC)cc1)NC(C)CCS(C)(=O)=O. The largest absolute Gasteiger partial charge is 0.497 e. The summed E-state index contributed by atoms with van der Waals surface area (Å²) in [5.41, 5.74) is 0. The molecule has 25 heavy (non-hydrogen) atoms. The van der Waals surface area contributed by atoms with E-state index in [4.69, 9.17) is 9.47 Å². The third-order valence-electron chi connectivity index (χ3n) is 3.47. The van der Waals surface area contributed by atoms with E-state index in [2.05, 4.69) is 15.6 Å². The van der Waals surface area contributed by atoms with Gasteiger partial charge in [-0.1, -0.05) is 0 Å². The Morgan fingerprint density at radius 3 is 2.44 bits per heavy atom. The average Bonchev–Trinajstić information content (AvgIpc) is 2.58. The van der Waals surface area contributed by atoms with Crippen molar-refractivity contribution in [3.05, 3.63) is 24.3 Å². The van der Waals surface area contributed by atoms with Crippen LogP contribution in [-0.2, 0) is 9.84 Å². The number of nitrogens with zero attached hydrogens (tertiary/aromatic N) is 1. The smallest absolute Gasteiger partial charge is 0.191 e. The molecule has 0 saturated carbocycles. The Hall–Kier alpha value is -1.96. The van der Waals surface area contributed by atoms with E-state index in [0.717, 1.165) is 17.9 Å². The van der Waals surface area contributed by atoms with Gasteiger partial charge in [0, 0.05) is 25.9 Å². The molecule has 0 heterocycles. The van der Waals surface area contributed by atoms with E-state index in [9.17, 15) is 8.42 Å². The molecule has 0 bridgehead atoms. The second kappa shape index (κ2) is 10.8. The van der Waals surface area contributed by atoms with E-state index in [1.807, 2.05) is 31.2 Å². The van der Waals surface area contributed by atoms with Crippen LogP contribution in [0.2, 0.25) is 0 Å². The molecule has 0 aromatic heterocycles. The molecule has 0 spiro atoms. The third kappa shape index (κ3) is 9.81. The van der Waals surface area contributed by atoms with Crippen molar-refractivity contribution in [3.8, 4) is 11.5 Å². The van der Waals surface area contributed by atoms with Crippen molar-refractivity contribution in [3.63, 3.8) is 0 Å². The number of rotatable bonds is 10. The first-order valence-corrected chi connectivity index (χ1v) is 10.3. The molecular formula is C17H29N3O4S. The van der Waals surface area contributed by atoms with Crippen molar-refractivity contribution in [1.82, 2.24) is 10.6 Å². The summed E-state index contributed by atoms with van der Waals surface area (Å²) in [6.07, 6.45) is 2.60. The molecule has 1 aromatic rings. The van der Waals surface area contributed by atoms with Gasteiger partial charge in [0.1, 0.15) is 21.3 Å². The Morgan fingerprint density at radius 2 is 1.88 bits per heavy atom. The maximum Gasteiger partial charge on any atom is 0.191 e. The third-order valence-corrected chi connectivity index (χ3v) is 4.45. The molecule has 2 N–H and O–H groups in total. The van der Waals surface area contributed by atoms with Gasteiger partial charge in [0.25, 0.3) is 0 Å². The highest BCUT2D eigenvalue weighted by molar-refractivity contribution is 7.90. The average molecular weight is 372 g/mol. The standard InChI is InChI=1S/C17H29N3O4S/c1-14(10-13-25(4,21)22)20-17(18-2)19-11-5-12-24-16-8-6-15(23-3)7-9-16/h6-9,14H,5,10-13H2,1-4H3,(H2,18,19,20). The second-order valence-corrected chi connectivity index (χ2v) is 8.10. The van der Waals surface area contributed by atoms with Crippen molar-refractivity contribution < 1.29 is 17.9 Å². The molecule has 0 amide bonds. The van der Waals surface area contributed by atoms with Gasteiger partial charge in [0.2, 0.25) is 0 Å².